The molecule has 3 atom stereocenters. The van der Waals surface area contributed by atoms with Crippen molar-refractivity contribution >= 4 is 9.84 Å². The Balaban J connectivity index is 1.34. The fourth-order valence-corrected chi connectivity index (χ4v) is 7.26. The molecule has 7 nitrogen and oxygen atoms in total. The summed E-state index contributed by atoms with van der Waals surface area (Å²) < 4.78 is 72.5. The van der Waals surface area contributed by atoms with Gasteiger partial charge in [-0.1, -0.05) is 24.6 Å². The highest BCUT2D eigenvalue weighted by atomic mass is 32.2. The average Bonchev–Trinajstić information content (AvgIpc) is 2.87. The molecule has 2 saturated carbocycles. The lowest BCUT2D eigenvalue weighted by molar-refractivity contribution is -0.137. The minimum atomic E-state index is -4.38. The minimum Gasteiger partial charge on any atom is -0.473 e. The van der Waals surface area contributed by atoms with Crippen LogP contribution in [0.25, 0.3) is 0 Å². The summed E-state index contributed by atoms with van der Waals surface area (Å²) in [5.41, 5.74) is 0.816. The molecular weight excluding hydrogens is 541 g/mol. The van der Waals surface area contributed by atoms with Gasteiger partial charge in [-0.2, -0.15) is 13.2 Å². The molecule has 11 heteroatoms. The third-order valence-electron chi connectivity index (χ3n) is 8.21. The molecule has 2 aliphatic rings. The van der Waals surface area contributed by atoms with Gasteiger partial charge in [-0.05, 0) is 75.8 Å². The highest BCUT2D eigenvalue weighted by molar-refractivity contribution is 7.90. The van der Waals surface area contributed by atoms with Gasteiger partial charge in [-0.15, -0.1) is 0 Å². The van der Waals surface area contributed by atoms with E-state index < -0.39 is 21.6 Å². The summed E-state index contributed by atoms with van der Waals surface area (Å²) in [6.07, 6.45) is 3.56. The third kappa shape index (κ3) is 6.30. The van der Waals surface area contributed by atoms with Crippen LogP contribution >= 0.6 is 0 Å². The van der Waals surface area contributed by atoms with Gasteiger partial charge in [0.1, 0.15) is 12.4 Å². The lowest BCUT2D eigenvalue weighted by Crippen LogP contribution is -2.53. The van der Waals surface area contributed by atoms with Crippen LogP contribution in [0.2, 0.25) is 0 Å². The van der Waals surface area contributed by atoms with Crippen LogP contribution < -0.4 is 4.74 Å². The summed E-state index contributed by atoms with van der Waals surface area (Å²) in [6.45, 7) is 1.64. The van der Waals surface area contributed by atoms with Gasteiger partial charge in [0.2, 0.25) is 5.88 Å². The normalized spacial score (nSPS) is 22.2. The topological polar surface area (TPSA) is 85.3 Å². The Morgan fingerprint density at radius 2 is 1.88 bits per heavy atom. The summed E-state index contributed by atoms with van der Waals surface area (Å²) in [4.78, 5) is 14.8. The van der Waals surface area contributed by atoms with E-state index in [0.717, 1.165) is 25.3 Å². The Hall–Kier alpha value is -3.05. The SMILES string of the molecule is Cc1nc(O[C@H]2CC[C@H](c3cccc(C(F)(F)F)c3)C[C@@H]2N(C)C2CCC2)ccc1S(=O)(=O)Cc1ccncn1. The maximum absolute atomic E-state index is 13.4. The lowest BCUT2D eigenvalue weighted by Gasteiger charge is -2.46. The molecule has 40 heavy (non-hydrogen) atoms. The van der Waals surface area contributed by atoms with E-state index in [1.165, 1.54) is 30.7 Å². The number of benzene rings is 1. The van der Waals surface area contributed by atoms with E-state index in [4.69, 9.17) is 4.74 Å². The molecule has 5 rings (SSSR count). The number of sulfone groups is 1. The number of alkyl halides is 3. The Bertz CT molecular complexity index is 1430. The quantitative estimate of drug-likeness (QED) is 0.339. The van der Waals surface area contributed by atoms with Gasteiger partial charge < -0.3 is 4.74 Å². The van der Waals surface area contributed by atoms with Crippen molar-refractivity contribution in [1.29, 1.82) is 0 Å². The smallest absolute Gasteiger partial charge is 0.416 e. The zero-order chi connectivity index (χ0) is 28.5. The fraction of sp³-hybridized carbons (Fsp3) is 0.483. The summed E-state index contributed by atoms with van der Waals surface area (Å²) in [7, 11) is -1.60. The lowest BCUT2D eigenvalue weighted by atomic mass is 9.77. The number of aromatic nitrogens is 3. The maximum atomic E-state index is 13.4. The fourth-order valence-electron chi connectivity index (χ4n) is 5.77. The molecule has 0 aliphatic heterocycles. The molecule has 214 valence electrons. The van der Waals surface area contributed by atoms with E-state index in [2.05, 4.69) is 26.9 Å². The first-order chi connectivity index (χ1) is 19.0. The van der Waals surface area contributed by atoms with Crippen LogP contribution in [0.3, 0.4) is 0 Å². The van der Waals surface area contributed by atoms with E-state index in [1.54, 1.807) is 25.1 Å². The van der Waals surface area contributed by atoms with Gasteiger partial charge in [0.05, 0.1) is 27.6 Å². The summed E-state index contributed by atoms with van der Waals surface area (Å²) in [5, 5.41) is 0. The predicted octanol–water partition coefficient (Wildman–Crippen LogP) is 5.74. The number of ether oxygens (including phenoxy) is 1. The first-order valence-corrected chi connectivity index (χ1v) is 15.2. The molecule has 0 radical (unpaired) electrons. The first-order valence-electron chi connectivity index (χ1n) is 13.5. The second-order valence-corrected chi connectivity index (χ2v) is 12.8. The molecule has 2 aliphatic carbocycles. The van der Waals surface area contributed by atoms with Crippen molar-refractivity contribution in [2.75, 3.05) is 7.05 Å². The van der Waals surface area contributed by atoms with Gasteiger partial charge in [-0.25, -0.2) is 23.4 Å². The average molecular weight is 575 g/mol. The Labute approximate surface area is 232 Å². The van der Waals surface area contributed by atoms with Crippen LogP contribution in [0, 0.1) is 6.92 Å². The highest BCUT2D eigenvalue weighted by Crippen LogP contribution is 2.40. The van der Waals surface area contributed by atoms with Crippen molar-refractivity contribution in [2.24, 2.45) is 0 Å². The molecule has 3 aromatic rings. The number of halogens is 3. The summed E-state index contributed by atoms with van der Waals surface area (Å²) >= 11 is 0. The molecule has 0 unspecified atom stereocenters. The first kappa shape index (κ1) is 28.5. The number of nitrogens with zero attached hydrogens (tertiary/aromatic N) is 4. The number of hydrogen-bond acceptors (Lipinski definition) is 7. The van der Waals surface area contributed by atoms with Crippen LogP contribution in [-0.2, 0) is 21.8 Å². The zero-order valence-corrected chi connectivity index (χ0v) is 23.3. The Kier molecular flexibility index (Phi) is 8.15. The van der Waals surface area contributed by atoms with E-state index in [-0.39, 0.29) is 28.7 Å². The third-order valence-corrected chi connectivity index (χ3v) is 9.99. The van der Waals surface area contributed by atoms with Gasteiger partial charge in [-0.3, -0.25) is 4.90 Å². The second-order valence-electron chi connectivity index (χ2n) is 10.8. The van der Waals surface area contributed by atoms with Gasteiger partial charge in [0.25, 0.3) is 0 Å². The molecule has 2 fully saturated rings. The van der Waals surface area contributed by atoms with Crippen LogP contribution in [0.1, 0.15) is 67.0 Å². The largest absolute Gasteiger partial charge is 0.473 e. The molecule has 1 aromatic carbocycles. The van der Waals surface area contributed by atoms with E-state index >= 15 is 0 Å². The standard InChI is InChI=1S/C29H33F3N4O3S/c1-19-27(40(37,38)17-23-13-14-33-18-34-23)11-12-28(35-19)39-26-10-9-21(16-25(26)36(2)24-7-4-8-24)20-5-3-6-22(15-20)29(30,31)32/h3,5-6,11-15,18,21,24-26H,4,7-10,16-17H2,1-2H3/t21-,25-,26-/m0/s1. The Morgan fingerprint density at radius 1 is 1.07 bits per heavy atom. The van der Waals surface area contributed by atoms with Gasteiger partial charge in [0, 0.05) is 24.3 Å². The number of rotatable bonds is 8. The molecule has 0 saturated heterocycles. The van der Waals surface area contributed by atoms with Crippen molar-refractivity contribution in [3.8, 4) is 5.88 Å². The number of pyridine rings is 1. The summed E-state index contributed by atoms with van der Waals surface area (Å²) in [6, 6.07) is 10.7. The maximum Gasteiger partial charge on any atom is 0.416 e. The predicted molar refractivity (Wildman–Crippen MR) is 144 cm³/mol. The number of aryl methyl sites for hydroxylation is 1. The van der Waals surface area contributed by atoms with E-state index in [9.17, 15) is 21.6 Å². The molecule has 0 bridgehead atoms. The van der Waals surface area contributed by atoms with Crippen LogP contribution in [0.15, 0.2) is 59.9 Å². The van der Waals surface area contributed by atoms with Crippen molar-refractivity contribution in [3.63, 3.8) is 0 Å². The zero-order valence-electron chi connectivity index (χ0n) is 22.5. The van der Waals surface area contributed by atoms with Crippen LogP contribution in [0.4, 0.5) is 13.2 Å². The second kappa shape index (κ2) is 11.4. The highest BCUT2D eigenvalue weighted by Gasteiger charge is 2.40. The van der Waals surface area contributed by atoms with Gasteiger partial charge >= 0.3 is 6.18 Å². The van der Waals surface area contributed by atoms with Crippen LogP contribution in [0.5, 0.6) is 5.88 Å². The Morgan fingerprint density at radius 3 is 2.52 bits per heavy atom. The number of hydrogen-bond donors (Lipinski definition) is 0. The van der Waals surface area contributed by atoms with Crippen molar-refractivity contribution in [3.05, 3.63) is 77.5 Å². The van der Waals surface area contributed by atoms with Gasteiger partial charge in [0.15, 0.2) is 9.84 Å². The van der Waals surface area contributed by atoms with Crippen molar-refractivity contribution in [2.45, 2.75) is 86.4 Å². The molecule has 0 spiro atoms. The minimum absolute atomic E-state index is 0.0122. The number of likely N-dealkylation sites (N-methyl/N-ethyl adjacent to an activating group) is 1. The van der Waals surface area contributed by atoms with E-state index in [0.29, 0.717) is 48.1 Å². The van der Waals surface area contributed by atoms with Crippen LogP contribution in [-0.4, -0.2) is 53.5 Å². The van der Waals surface area contributed by atoms with Crippen molar-refractivity contribution in [1.82, 2.24) is 19.9 Å². The molecule has 0 amide bonds. The van der Waals surface area contributed by atoms with E-state index in [1.807, 2.05) is 0 Å². The molecule has 2 aromatic heterocycles. The van der Waals surface area contributed by atoms with Crippen molar-refractivity contribution < 1.29 is 26.3 Å². The molecule has 2 heterocycles. The summed E-state index contributed by atoms with van der Waals surface area (Å²) in [5.74, 6) is 0.0678. The monoisotopic (exact) mass is 574 g/mol. The molecule has 0 N–H and O–H groups in total. The molecular formula is C29H33F3N4O3S.